The van der Waals surface area contributed by atoms with E-state index in [1.54, 1.807) is 14.0 Å². The standard InChI is InChI=1S/C10H20N2O3.ClH/c1-7(2)5-11-9(13)6-12(4)8(3)10(14)15;/h7-8H,5-6H2,1-4H3,(H,11,13)(H,14,15);1H. The molecule has 0 aliphatic heterocycles. The molecular weight excluding hydrogens is 232 g/mol. The van der Waals surface area contributed by atoms with Crippen molar-refractivity contribution in [1.82, 2.24) is 10.2 Å². The number of carboxylic acids is 1. The van der Waals surface area contributed by atoms with Crippen LogP contribution in [0.4, 0.5) is 0 Å². The average Bonchev–Trinajstić information content (AvgIpc) is 2.13. The molecule has 0 aliphatic rings. The van der Waals surface area contributed by atoms with Crippen molar-refractivity contribution in [3.8, 4) is 0 Å². The van der Waals surface area contributed by atoms with Crippen molar-refractivity contribution >= 4 is 24.3 Å². The Labute approximate surface area is 103 Å². The number of aliphatic carboxylic acids is 1. The number of carbonyl (C=O) groups excluding carboxylic acids is 1. The lowest BCUT2D eigenvalue weighted by Crippen LogP contribution is -2.43. The van der Waals surface area contributed by atoms with Gasteiger partial charge in [0.2, 0.25) is 5.91 Å². The Morgan fingerprint density at radius 2 is 1.81 bits per heavy atom. The number of carboxylic acid groups (broad SMARTS) is 1. The monoisotopic (exact) mass is 252 g/mol. The number of hydrogen-bond donors (Lipinski definition) is 2. The lowest BCUT2D eigenvalue weighted by molar-refractivity contribution is -0.142. The van der Waals surface area contributed by atoms with Crippen LogP contribution in [-0.4, -0.2) is 48.1 Å². The highest BCUT2D eigenvalue weighted by Crippen LogP contribution is 1.95. The van der Waals surface area contributed by atoms with Gasteiger partial charge in [0.15, 0.2) is 0 Å². The van der Waals surface area contributed by atoms with Crippen LogP contribution in [0.2, 0.25) is 0 Å². The van der Waals surface area contributed by atoms with E-state index in [2.05, 4.69) is 5.32 Å². The zero-order chi connectivity index (χ0) is 12.0. The number of amides is 1. The molecule has 16 heavy (non-hydrogen) atoms. The highest BCUT2D eigenvalue weighted by Gasteiger charge is 2.18. The highest BCUT2D eigenvalue weighted by molar-refractivity contribution is 5.85. The zero-order valence-corrected chi connectivity index (χ0v) is 11.0. The van der Waals surface area contributed by atoms with Crippen molar-refractivity contribution in [2.45, 2.75) is 26.8 Å². The second-order valence-corrected chi connectivity index (χ2v) is 4.13. The van der Waals surface area contributed by atoms with Crippen LogP contribution in [0.3, 0.4) is 0 Å². The molecule has 0 aromatic heterocycles. The SMILES string of the molecule is CC(C)CNC(=O)CN(C)C(C)C(=O)O.Cl. The summed E-state index contributed by atoms with van der Waals surface area (Å²) in [7, 11) is 1.62. The summed E-state index contributed by atoms with van der Waals surface area (Å²) < 4.78 is 0. The summed E-state index contributed by atoms with van der Waals surface area (Å²) in [4.78, 5) is 23.5. The van der Waals surface area contributed by atoms with Crippen LogP contribution in [0.5, 0.6) is 0 Å². The van der Waals surface area contributed by atoms with Crippen LogP contribution in [0, 0.1) is 5.92 Å². The first-order chi connectivity index (χ1) is 6.84. The minimum Gasteiger partial charge on any atom is -0.480 e. The second-order valence-electron chi connectivity index (χ2n) is 4.13. The van der Waals surface area contributed by atoms with Gasteiger partial charge in [-0.15, -0.1) is 12.4 Å². The predicted octanol–water partition coefficient (Wildman–Crippen LogP) is 0.585. The molecule has 6 heteroatoms. The van der Waals surface area contributed by atoms with Crippen molar-refractivity contribution < 1.29 is 14.7 Å². The van der Waals surface area contributed by atoms with Crippen molar-refractivity contribution in [2.75, 3.05) is 20.1 Å². The van der Waals surface area contributed by atoms with E-state index in [0.717, 1.165) is 0 Å². The van der Waals surface area contributed by atoms with Gasteiger partial charge in [0.05, 0.1) is 6.54 Å². The molecule has 0 spiro atoms. The Morgan fingerprint density at radius 1 is 1.31 bits per heavy atom. The van der Waals surface area contributed by atoms with Gasteiger partial charge in [-0.05, 0) is 19.9 Å². The average molecular weight is 253 g/mol. The zero-order valence-electron chi connectivity index (χ0n) is 10.2. The first kappa shape index (κ1) is 17.6. The van der Waals surface area contributed by atoms with Crippen molar-refractivity contribution in [1.29, 1.82) is 0 Å². The smallest absolute Gasteiger partial charge is 0.320 e. The fraction of sp³-hybridized carbons (Fsp3) is 0.800. The van der Waals surface area contributed by atoms with Gasteiger partial charge in [0.1, 0.15) is 6.04 Å². The van der Waals surface area contributed by atoms with Gasteiger partial charge >= 0.3 is 5.97 Å². The molecule has 1 atom stereocenters. The number of carbonyl (C=O) groups is 2. The molecule has 1 amide bonds. The molecule has 0 aliphatic carbocycles. The number of rotatable bonds is 6. The highest BCUT2D eigenvalue weighted by atomic mass is 35.5. The maximum Gasteiger partial charge on any atom is 0.320 e. The maximum absolute atomic E-state index is 11.3. The van der Waals surface area contributed by atoms with Crippen molar-refractivity contribution in [3.63, 3.8) is 0 Å². The van der Waals surface area contributed by atoms with E-state index in [0.29, 0.717) is 12.5 Å². The van der Waals surface area contributed by atoms with E-state index in [4.69, 9.17) is 5.11 Å². The molecule has 5 nitrogen and oxygen atoms in total. The Hall–Kier alpha value is -0.810. The van der Waals surface area contributed by atoms with Crippen molar-refractivity contribution in [2.24, 2.45) is 5.92 Å². The first-order valence-corrected chi connectivity index (χ1v) is 5.04. The summed E-state index contributed by atoms with van der Waals surface area (Å²) >= 11 is 0. The molecule has 0 rings (SSSR count). The summed E-state index contributed by atoms with van der Waals surface area (Å²) in [5.74, 6) is -0.662. The van der Waals surface area contributed by atoms with Crippen LogP contribution < -0.4 is 5.32 Å². The van der Waals surface area contributed by atoms with Gasteiger partial charge in [0, 0.05) is 6.54 Å². The number of halogens is 1. The van der Waals surface area contributed by atoms with Crippen LogP contribution in [0.15, 0.2) is 0 Å². The molecule has 2 N–H and O–H groups in total. The molecule has 1 unspecified atom stereocenters. The van der Waals surface area contributed by atoms with Gasteiger partial charge in [-0.3, -0.25) is 14.5 Å². The molecule has 0 fully saturated rings. The van der Waals surface area contributed by atoms with Crippen LogP contribution in [0.1, 0.15) is 20.8 Å². The quantitative estimate of drug-likeness (QED) is 0.726. The van der Waals surface area contributed by atoms with Gasteiger partial charge in [-0.1, -0.05) is 13.8 Å². The summed E-state index contributed by atoms with van der Waals surface area (Å²) in [5, 5.41) is 11.4. The van der Waals surface area contributed by atoms with Gasteiger partial charge in [0.25, 0.3) is 0 Å². The molecule has 96 valence electrons. The third-order valence-corrected chi connectivity index (χ3v) is 2.12. The summed E-state index contributed by atoms with van der Waals surface area (Å²) in [6, 6.07) is -0.644. The molecule has 0 heterocycles. The fourth-order valence-corrected chi connectivity index (χ4v) is 0.926. The lowest BCUT2D eigenvalue weighted by atomic mass is 10.2. The molecule has 0 aromatic carbocycles. The third-order valence-electron chi connectivity index (χ3n) is 2.12. The van der Waals surface area contributed by atoms with E-state index in [-0.39, 0.29) is 24.9 Å². The largest absolute Gasteiger partial charge is 0.480 e. The van der Waals surface area contributed by atoms with Crippen LogP contribution >= 0.6 is 12.4 Å². The van der Waals surface area contributed by atoms with Gasteiger partial charge < -0.3 is 10.4 Å². The normalized spacial score (nSPS) is 12.1. The Morgan fingerprint density at radius 3 is 2.19 bits per heavy atom. The summed E-state index contributed by atoms with van der Waals surface area (Å²) in [6.45, 7) is 6.29. The van der Waals surface area contributed by atoms with E-state index < -0.39 is 12.0 Å². The molecule has 0 bridgehead atoms. The molecule has 0 aromatic rings. The number of nitrogens with one attached hydrogen (secondary N) is 1. The van der Waals surface area contributed by atoms with E-state index >= 15 is 0 Å². The minimum atomic E-state index is -0.922. The summed E-state index contributed by atoms with van der Waals surface area (Å²) in [5.41, 5.74) is 0. The minimum absolute atomic E-state index is 0. The van der Waals surface area contributed by atoms with Crippen LogP contribution in [0.25, 0.3) is 0 Å². The lowest BCUT2D eigenvalue weighted by Gasteiger charge is -2.20. The van der Waals surface area contributed by atoms with E-state index in [9.17, 15) is 9.59 Å². The summed E-state index contributed by atoms with van der Waals surface area (Å²) in [6.07, 6.45) is 0. The molecule has 0 saturated carbocycles. The van der Waals surface area contributed by atoms with Crippen LogP contribution in [-0.2, 0) is 9.59 Å². The molecule has 0 saturated heterocycles. The van der Waals surface area contributed by atoms with E-state index in [1.165, 1.54) is 4.90 Å². The fourth-order valence-electron chi connectivity index (χ4n) is 0.926. The molecular formula is C10H21ClN2O3. The topological polar surface area (TPSA) is 69.6 Å². The number of nitrogens with zero attached hydrogens (tertiary/aromatic N) is 1. The number of hydrogen-bond acceptors (Lipinski definition) is 3. The third kappa shape index (κ3) is 7.48. The second kappa shape index (κ2) is 8.35. The Kier molecular flexibility index (Phi) is 9.18. The Bertz CT molecular complexity index is 234. The number of likely N-dealkylation sites (N-methyl/N-ethyl adjacent to an activating group) is 1. The maximum atomic E-state index is 11.3. The van der Waals surface area contributed by atoms with Crippen molar-refractivity contribution in [3.05, 3.63) is 0 Å². The Balaban J connectivity index is 0. The van der Waals surface area contributed by atoms with E-state index in [1.807, 2.05) is 13.8 Å². The van der Waals surface area contributed by atoms with Gasteiger partial charge in [-0.25, -0.2) is 0 Å². The first-order valence-electron chi connectivity index (χ1n) is 5.04. The molecule has 0 radical (unpaired) electrons. The predicted molar refractivity (Wildman–Crippen MR) is 64.8 cm³/mol. The van der Waals surface area contributed by atoms with Gasteiger partial charge in [-0.2, -0.15) is 0 Å².